The number of hydrogen-bond acceptors (Lipinski definition) is 6. The molecule has 7 heteroatoms. The van der Waals surface area contributed by atoms with Crippen molar-refractivity contribution in [3.8, 4) is 17.3 Å². The van der Waals surface area contributed by atoms with Gasteiger partial charge in [-0.05, 0) is 39.8 Å². The maximum Gasteiger partial charge on any atom is 0.410 e. The quantitative estimate of drug-likeness (QED) is 0.591. The van der Waals surface area contributed by atoms with Crippen molar-refractivity contribution in [1.29, 1.82) is 5.26 Å². The highest BCUT2D eigenvalue weighted by Gasteiger charge is 2.31. The van der Waals surface area contributed by atoms with Crippen molar-refractivity contribution in [3.05, 3.63) is 54.1 Å². The SMILES string of the molecule is CC1CN(C(=O)OC(C)(C)C)CCN1c1nnc(-c2ccc(C#N)cc2)c2ccccc12. The third-order valence-electron chi connectivity index (χ3n) is 5.51. The van der Waals surface area contributed by atoms with E-state index in [1.165, 1.54) is 0 Å². The average molecular weight is 430 g/mol. The topological polar surface area (TPSA) is 82.3 Å². The molecule has 1 aliphatic heterocycles. The molecule has 1 atom stereocenters. The Labute approximate surface area is 188 Å². The highest BCUT2D eigenvalue weighted by Crippen LogP contribution is 2.33. The number of aromatic nitrogens is 2. The van der Waals surface area contributed by atoms with Crippen molar-refractivity contribution in [2.45, 2.75) is 39.3 Å². The number of fused-ring (bicyclic) bond motifs is 1. The van der Waals surface area contributed by atoms with Crippen LogP contribution in [0.2, 0.25) is 0 Å². The van der Waals surface area contributed by atoms with Crippen LogP contribution in [0.4, 0.5) is 10.6 Å². The van der Waals surface area contributed by atoms with Gasteiger partial charge in [0.25, 0.3) is 0 Å². The van der Waals surface area contributed by atoms with Crippen LogP contribution in [-0.4, -0.2) is 52.5 Å². The van der Waals surface area contributed by atoms with Crippen LogP contribution in [0.5, 0.6) is 0 Å². The molecule has 0 N–H and O–H groups in total. The Balaban J connectivity index is 1.63. The molecule has 1 saturated heterocycles. The fourth-order valence-corrected chi connectivity index (χ4v) is 3.98. The molecule has 0 spiro atoms. The van der Waals surface area contributed by atoms with Crippen molar-refractivity contribution < 1.29 is 9.53 Å². The summed E-state index contributed by atoms with van der Waals surface area (Å²) in [6, 6.07) is 17.7. The minimum absolute atomic E-state index is 0.0646. The van der Waals surface area contributed by atoms with E-state index in [9.17, 15) is 4.79 Å². The van der Waals surface area contributed by atoms with E-state index in [0.717, 1.165) is 27.8 Å². The first-order valence-electron chi connectivity index (χ1n) is 10.8. The van der Waals surface area contributed by atoms with Gasteiger partial charge < -0.3 is 14.5 Å². The molecule has 2 aromatic carbocycles. The van der Waals surface area contributed by atoms with Gasteiger partial charge >= 0.3 is 6.09 Å². The van der Waals surface area contributed by atoms with E-state index in [2.05, 4.69) is 34.2 Å². The van der Waals surface area contributed by atoms with Crippen LogP contribution in [0.3, 0.4) is 0 Å². The molecule has 4 rings (SSSR count). The summed E-state index contributed by atoms with van der Waals surface area (Å²) >= 11 is 0. The number of ether oxygens (including phenoxy) is 1. The number of benzene rings is 2. The molecular formula is C25H27N5O2. The van der Waals surface area contributed by atoms with E-state index < -0.39 is 5.60 Å². The lowest BCUT2D eigenvalue weighted by Gasteiger charge is -2.41. The lowest BCUT2D eigenvalue weighted by Crippen LogP contribution is -2.55. The van der Waals surface area contributed by atoms with Gasteiger partial charge in [0.15, 0.2) is 5.82 Å². The zero-order valence-electron chi connectivity index (χ0n) is 18.9. The largest absolute Gasteiger partial charge is 0.444 e. The average Bonchev–Trinajstić information content (AvgIpc) is 2.77. The van der Waals surface area contributed by atoms with Gasteiger partial charge in [-0.3, -0.25) is 0 Å². The van der Waals surface area contributed by atoms with Gasteiger partial charge in [0.05, 0.1) is 11.6 Å². The fourth-order valence-electron chi connectivity index (χ4n) is 3.98. The van der Waals surface area contributed by atoms with Crippen molar-refractivity contribution in [2.75, 3.05) is 24.5 Å². The molecule has 32 heavy (non-hydrogen) atoms. The molecule has 0 bridgehead atoms. The van der Waals surface area contributed by atoms with Gasteiger partial charge in [-0.15, -0.1) is 10.2 Å². The van der Waals surface area contributed by atoms with Crippen molar-refractivity contribution >= 4 is 22.7 Å². The number of carbonyl (C=O) groups excluding carboxylic acids is 1. The standard InChI is InChI=1S/C25H27N5O2/c1-17-16-29(24(31)32-25(2,3)4)13-14-30(17)23-21-8-6-5-7-20(21)22(27-28-23)19-11-9-18(15-26)10-12-19/h5-12,17H,13-14,16H2,1-4H3. The third-order valence-corrected chi connectivity index (χ3v) is 5.51. The van der Waals surface area contributed by atoms with Crippen LogP contribution in [-0.2, 0) is 4.74 Å². The second-order valence-corrected chi connectivity index (χ2v) is 9.08. The van der Waals surface area contributed by atoms with Crippen molar-refractivity contribution in [2.24, 2.45) is 0 Å². The molecule has 1 fully saturated rings. The number of nitriles is 1. The molecule has 1 aromatic heterocycles. The van der Waals surface area contributed by atoms with Gasteiger partial charge in [-0.2, -0.15) is 5.26 Å². The second kappa shape index (κ2) is 8.46. The highest BCUT2D eigenvalue weighted by atomic mass is 16.6. The summed E-state index contributed by atoms with van der Waals surface area (Å²) in [7, 11) is 0. The van der Waals surface area contributed by atoms with E-state index >= 15 is 0 Å². The van der Waals surface area contributed by atoms with Gasteiger partial charge in [0.1, 0.15) is 11.3 Å². The van der Waals surface area contributed by atoms with Gasteiger partial charge in [0, 0.05) is 42.0 Å². The minimum atomic E-state index is -0.513. The summed E-state index contributed by atoms with van der Waals surface area (Å²) < 4.78 is 5.54. The van der Waals surface area contributed by atoms with Gasteiger partial charge in [0.2, 0.25) is 0 Å². The number of amides is 1. The fraction of sp³-hybridized carbons (Fsp3) is 0.360. The first kappa shape index (κ1) is 21.6. The smallest absolute Gasteiger partial charge is 0.410 e. The molecule has 2 heterocycles. The first-order valence-corrected chi connectivity index (χ1v) is 10.8. The van der Waals surface area contributed by atoms with Gasteiger partial charge in [-0.1, -0.05) is 36.4 Å². The predicted molar refractivity (Wildman–Crippen MR) is 124 cm³/mol. The van der Waals surface area contributed by atoms with E-state index in [-0.39, 0.29) is 12.1 Å². The minimum Gasteiger partial charge on any atom is -0.444 e. The molecule has 1 amide bonds. The molecule has 0 radical (unpaired) electrons. The molecule has 3 aromatic rings. The van der Waals surface area contributed by atoms with E-state index in [1.807, 2.05) is 51.1 Å². The molecule has 1 unspecified atom stereocenters. The zero-order valence-corrected chi connectivity index (χ0v) is 18.9. The number of carbonyl (C=O) groups is 1. The third kappa shape index (κ3) is 4.35. The Kier molecular flexibility index (Phi) is 5.70. The van der Waals surface area contributed by atoms with Crippen molar-refractivity contribution in [3.63, 3.8) is 0 Å². The summed E-state index contributed by atoms with van der Waals surface area (Å²) in [5.41, 5.74) is 1.80. The Hall–Kier alpha value is -3.66. The highest BCUT2D eigenvalue weighted by molar-refractivity contribution is 6.00. The number of hydrogen-bond donors (Lipinski definition) is 0. The normalized spacial score (nSPS) is 16.7. The Morgan fingerprint density at radius 3 is 2.38 bits per heavy atom. The van der Waals surface area contributed by atoms with E-state index in [0.29, 0.717) is 25.2 Å². The van der Waals surface area contributed by atoms with Crippen LogP contribution < -0.4 is 4.90 Å². The molecule has 7 nitrogen and oxygen atoms in total. The number of anilines is 1. The van der Waals surface area contributed by atoms with E-state index in [1.54, 1.807) is 17.0 Å². The monoisotopic (exact) mass is 429 g/mol. The van der Waals surface area contributed by atoms with Gasteiger partial charge in [-0.25, -0.2) is 4.79 Å². The lowest BCUT2D eigenvalue weighted by atomic mass is 10.0. The first-order chi connectivity index (χ1) is 15.3. The van der Waals surface area contributed by atoms with Crippen LogP contribution >= 0.6 is 0 Å². The Morgan fingerprint density at radius 1 is 1.06 bits per heavy atom. The van der Waals surface area contributed by atoms with E-state index in [4.69, 9.17) is 10.00 Å². The van der Waals surface area contributed by atoms with Crippen LogP contribution in [0.15, 0.2) is 48.5 Å². The number of piperazine rings is 1. The van der Waals surface area contributed by atoms with Crippen LogP contribution in [0.25, 0.3) is 22.0 Å². The number of nitrogens with zero attached hydrogens (tertiary/aromatic N) is 5. The van der Waals surface area contributed by atoms with Crippen LogP contribution in [0, 0.1) is 11.3 Å². The molecular weight excluding hydrogens is 402 g/mol. The summed E-state index contributed by atoms with van der Waals surface area (Å²) in [6.07, 6.45) is -0.281. The van der Waals surface area contributed by atoms with Crippen molar-refractivity contribution in [1.82, 2.24) is 15.1 Å². The molecule has 1 aliphatic rings. The molecule has 164 valence electrons. The summed E-state index contributed by atoms with van der Waals surface area (Å²) in [5.74, 6) is 0.814. The summed E-state index contributed by atoms with van der Waals surface area (Å²) in [4.78, 5) is 16.5. The predicted octanol–water partition coefficient (Wildman–Crippen LogP) is 4.61. The summed E-state index contributed by atoms with van der Waals surface area (Å²) in [6.45, 7) is 9.48. The summed E-state index contributed by atoms with van der Waals surface area (Å²) in [5, 5.41) is 20.3. The number of rotatable bonds is 2. The van der Waals surface area contributed by atoms with Crippen LogP contribution in [0.1, 0.15) is 33.3 Å². The zero-order chi connectivity index (χ0) is 22.9. The molecule has 0 saturated carbocycles. The maximum atomic E-state index is 12.5. The Morgan fingerprint density at radius 2 is 1.75 bits per heavy atom. The Bertz CT molecular complexity index is 1180. The molecule has 0 aliphatic carbocycles. The maximum absolute atomic E-state index is 12.5. The second-order valence-electron chi connectivity index (χ2n) is 9.08. The lowest BCUT2D eigenvalue weighted by molar-refractivity contribution is 0.0218.